The van der Waals surface area contributed by atoms with Gasteiger partial charge in [-0.1, -0.05) is 30.3 Å². The van der Waals surface area contributed by atoms with Crippen LogP contribution in [0.25, 0.3) is 11.0 Å². The summed E-state index contributed by atoms with van der Waals surface area (Å²) >= 11 is 3.47. The molecule has 0 radical (unpaired) electrons. The van der Waals surface area contributed by atoms with Crippen molar-refractivity contribution in [1.82, 2.24) is 5.43 Å². The molecule has 4 aromatic rings. The van der Waals surface area contributed by atoms with Gasteiger partial charge in [-0.15, -0.1) is 0 Å². The molecule has 0 aliphatic carbocycles. The summed E-state index contributed by atoms with van der Waals surface area (Å²) in [6.07, 6.45) is 1.48. The van der Waals surface area contributed by atoms with Gasteiger partial charge in [-0.2, -0.15) is 5.10 Å². The number of halogens is 2. The monoisotopic (exact) mass is 496 g/mol. The summed E-state index contributed by atoms with van der Waals surface area (Å²) in [7, 11) is 1.52. The van der Waals surface area contributed by atoms with Crippen LogP contribution >= 0.6 is 15.9 Å². The normalized spacial score (nSPS) is 11.1. The number of ether oxygens (including phenoxy) is 2. The first kappa shape index (κ1) is 21.6. The molecule has 1 N–H and O–H groups in total. The van der Waals surface area contributed by atoms with Crippen molar-refractivity contribution < 1.29 is 23.1 Å². The molecule has 1 heterocycles. The molecule has 32 heavy (non-hydrogen) atoms. The van der Waals surface area contributed by atoms with Gasteiger partial charge in [0, 0.05) is 15.4 Å². The maximum atomic E-state index is 13.4. The highest BCUT2D eigenvalue weighted by Gasteiger charge is 2.12. The van der Waals surface area contributed by atoms with E-state index in [9.17, 15) is 9.18 Å². The Labute approximate surface area is 191 Å². The van der Waals surface area contributed by atoms with Crippen LogP contribution in [0.5, 0.6) is 11.5 Å². The predicted octanol–water partition coefficient (Wildman–Crippen LogP) is 5.69. The lowest BCUT2D eigenvalue weighted by molar-refractivity contribution is 0.0929. The van der Waals surface area contributed by atoms with Crippen LogP contribution in [0.1, 0.15) is 21.7 Å². The minimum Gasteiger partial charge on any atom is -0.493 e. The number of benzene rings is 3. The first-order valence-electron chi connectivity index (χ1n) is 9.60. The highest BCUT2D eigenvalue weighted by atomic mass is 79.9. The van der Waals surface area contributed by atoms with E-state index in [4.69, 9.17) is 13.9 Å². The lowest BCUT2D eigenvalue weighted by Gasteiger charge is -2.13. The van der Waals surface area contributed by atoms with E-state index < -0.39 is 5.91 Å². The van der Waals surface area contributed by atoms with E-state index in [0.29, 0.717) is 32.7 Å². The van der Waals surface area contributed by atoms with Gasteiger partial charge in [0.15, 0.2) is 17.3 Å². The van der Waals surface area contributed by atoms with Crippen molar-refractivity contribution in [2.45, 2.75) is 6.61 Å². The average Bonchev–Trinajstić information content (AvgIpc) is 3.23. The van der Waals surface area contributed by atoms with Gasteiger partial charge < -0.3 is 13.9 Å². The Kier molecular flexibility index (Phi) is 6.51. The number of nitrogens with one attached hydrogen (secondary N) is 1. The number of hydrogen-bond donors (Lipinski definition) is 1. The summed E-state index contributed by atoms with van der Waals surface area (Å²) in [4.78, 5) is 12.3. The van der Waals surface area contributed by atoms with E-state index in [0.717, 1.165) is 5.39 Å². The Morgan fingerprint density at radius 1 is 1.12 bits per heavy atom. The Hall–Kier alpha value is -3.65. The van der Waals surface area contributed by atoms with E-state index in [1.54, 1.807) is 36.4 Å². The van der Waals surface area contributed by atoms with Crippen molar-refractivity contribution in [2.24, 2.45) is 5.10 Å². The fraction of sp³-hybridized carbons (Fsp3) is 0.0833. The fourth-order valence-electron chi connectivity index (χ4n) is 3.02. The zero-order valence-electron chi connectivity index (χ0n) is 17.0. The Balaban J connectivity index is 1.44. The lowest BCUT2D eigenvalue weighted by atomic mass is 10.2. The third-order valence-corrected chi connectivity index (χ3v) is 5.27. The number of hydrazone groups is 1. The molecule has 0 fully saturated rings. The van der Waals surface area contributed by atoms with Gasteiger partial charge >= 0.3 is 5.91 Å². The van der Waals surface area contributed by atoms with Crippen molar-refractivity contribution in [3.63, 3.8) is 0 Å². The summed E-state index contributed by atoms with van der Waals surface area (Å²) in [6.45, 7) is 0.182. The predicted molar refractivity (Wildman–Crippen MR) is 123 cm³/mol. The molecule has 0 aliphatic rings. The van der Waals surface area contributed by atoms with Crippen LogP contribution in [0.3, 0.4) is 0 Å². The first-order chi connectivity index (χ1) is 15.5. The molecule has 0 bridgehead atoms. The number of furan rings is 1. The minimum absolute atomic E-state index is 0.168. The average molecular weight is 497 g/mol. The largest absolute Gasteiger partial charge is 0.493 e. The standard InChI is InChI=1S/C24H18BrFN2O4/c1-30-21-11-17(19(25)12-22(21)31-14-15-5-4-7-18(26)9-15)13-27-28-24(29)23-10-16-6-2-3-8-20(16)32-23/h2-13H,14H2,1H3,(H,28,29)/b27-13+. The zero-order valence-corrected chi connectivity index (χ0v) is 18.6. The number of nitrogens with zero attached hydrogens (tertiary/aromatic N) is 1. The zero-order chi connectivity index (χ0) is 22.5. The van der Waals surface area contributed by atoms with Gasteiger partial charge in [-0.25, -0.2) is 9.82 Å². The van der Waals surface area contributed by atoms with Gasteiger partial charge in [-0.05, 0) is 57.9 Å². The second-order valence-corrected chi connectivity index (χ2v) is 7.65. The van der Waals surface area contributed by atoms with Crippen LogP contribution < -0.4 is 14.9 Å². The van der Waals surface area contributed by atoms with E-state index >= 15 is 0 Å². The molecular weight excluding hydrogens is 479 g/mol. The van der Waals surface area contributed by atoms with Gasteiger partial charge in [0.1, 0.15) is 18.0 Å². The Bertz CT molecular complexity index is 1270. The van der Waals surface area contributed by atoms with Crippen LogP contribution in [0.4, 0.5) is 4.39 Å². The van der Waals surface area contributed by atoms with Gasteiger partial charge in [0.2, 0.25) is 0 Å². The van der Waals surface area contributed by atoms with Gasteiger partial charge in [0.05, 0.1) is 13.3 Å². The third-order valence-electron chi connectivity index (χ3n) is 4.59. The number of fused-ring (bicyclic) bond motifs is 1. The summed E-state index contributed by atoms with van der Waals surface area (Å²) in [5.74, 6) is 0.328. The highest BCUT2D eigenvalue weighted by Crippen LogP contribution is 2.33. The lowest BCUT2D eigenvalue weighted by Crippen LogP contribution is -2.16. The Morgan fingerprint density at radius 2 is 1.97 bits per heavy atom. The molecule has 3 aromatic carbocycles. The number of para-hydroxylation sites is 1. The molecule has 0 saturated carbocycles. The van der Waals surface area contributed by atoms with Gasteiger partial charge in [0.25, 0.3) is 0 Å². The minimum atomic E-state index is -0.462. The van der Waals surface area contributed by atoms with Crippen molar-refractivity contribution in [3.8, 4) is 11.5 Å². The number of rotatable bonds is 7. The SMILES string of the molecule is COc1cc(/C=N/NC(=O)c2cc3ccccc3o2)c(Br)cc1OCc1cccc(F)c1. The first-order valence-corrected chi connectivity index (χ1v) is 10.4. The maximum absolute atomic E-state index is 13.4. The number of hydrogen-bond acceptors (Lipinski definition) is 5. The Morgan fingerprint density at radius 3 is 2.75 bits per heavy atom. The molecule has 0 saturated heterocycles. The molecule has 0 spiro atoms. The molecule has 0 aliphatic heterocycles. The number of carbonyl (C=O) groups excluding carboxylic acids is 1. The molecule has 0 atom stereocenters. The van der Waals surface area contributed by atoms with E-state index in [1.165, 1.54) is 25.5 Å². The maximum Gasteiger partial charge on any atom is 0.307 e. The molecule has 8 heteroatoms. The van der Waals surface area contributed by atoms with E-state index in [-0.39, 0.29) is 18.2 Å². The molecule has 4 rings (SSSR count). The molecule has 1 aromatic heterocycles. The topological polar surface area (TPSA) is 73.1 Å². The smallest absolute Gasteiger partial charge is 0.307 e. The van der Waals surface area contributed by atoms with Crippen LogP contribution in [0, 0.1) is 5.82 Å². The highest BCUT2D eigenvalue weighted by molar-refractivity contribution is 9.10. The third kappa shape index (κ3) is 4.97. The number of amides is 1. The quantitative estimate of drug-likeness (QED) is 0.263. The molecule has 6 nitrogen and oxygen atoms in total. The molecule has 1 amide bonds. The molecule has 162 valence electrons. The second kappa shape index (κ2) is 9.65. The van der Waals surface area contributed by atoms with E-state index in [2.05, 4.69) is 26.5 Å². The van der Waals surface area contributed by atoms with Crippen LogP contribution in [0.15, 0.2) is 80.7 Å². The van der Waals surface area contributed by atoms with Crippen molar-refractivity contribution in [1.29, 1.82) is 0 Å². The molecule has 0 unspecified atom stereocenters. The van der Waals surface area contributed by atoms with Gasteiger partial charge in [-0.3, -0.25) is 4.79 Å². The summed E-state index contributed by atoms with van der Waals surface area (Å²) < 4.78 is 30.7. The number of carbonyl (C=O) groups is 1. The van der Waals surface area contributed by atoms with E-state index in [1.807, 2.05) is 18.2 Å². The summed E-state index contributed by atoms with van der Waals surface area (Å²) in [5.41, 5.74) is 4.43. The number of methoxy groups -OCH3 is 1. The molecular formula is C24H18BrFN2O4. The summed E-state index contributed by atoms with van der Waals surface area (Å²) in [6, 6.07) is 18.6. The van der Waals surface area contributed by atoms with Crippen LogP contribution in [0.2, 0.25) is 0 Å². The van der Waals surface area contributed by atoms with Crippen molar-refractivity contribution in [3.05, 3.63) is 93.9 Å². The van der Waals surface area contributed by atoms with Crippen molar-refractivity contribution >= 4 is 39.0 Å². The summed E-state index contributed by atoms with van der Waals surface area (Å²) in [5, 5.41) is 4.84. The van der Waals surface area contributed by atoms with Crippen LogP contribution in [-0.2, 0) is 6.61 Å². The van der Waals surface area contributed by atoms with Crippen LogP contribution in [-0.4, -0.2) is 19.2 Å². The second-order valence-electron chi connectivity index (χ2n) is 6.79. The fourth-order valence-corrected chi connectivity index (χ4v) is 3.44. The van der Waals surface area contributed by atoms with Crippen molar-refractivity contribution in [2.75, 3.05) is 7.11 Å².